The predicted molar refractivity (Wildman–Crippen MR) is 62.8 cm³/mol. The highest BCUT2D eigenvalue weighted by Crippen LogP contribution is 2.25. The summed E-state index contributed by atoms with van der Waals surface area (Å²) in [6, 6.07) is 3.24. The third kappa shape index (κ3) is 3.38. The van der Waals surface area contributed by atoms with Gasteiger partial charge >= 0.3 is 0 Å². The monoisotopic (exact) mass is 226 g/mol. The molecule has 1 aliphatic rings. The average Bonchev–Trinajstić information content (AvgIpc) is 2.28. The number of nitrogens with zero attached hydrogens (tertiary/aromatic N) is 1. The van der Waals surface area contributed by atoms with Crippen molar-refractivity contribution in [3.05, 3.63) is 24.3 Å². The van der Waals surface area contributed by atoms with Crippen molar-refractivity contribution in [3.8, 4) is 0 Å². The second kappa shape index (κ2) is 5.35. The van der Waals surface area contributed by atoms with Gasteiger partial charge in [0.25, 0.3) is 0 Å². The minimum Gasteiger partial charge on any atom is -0.384 e. The summed E-state index contributed by atoms with van der Waals surface area (Å²) in [6.07, 6.45) is 5.42. The number of pyridine rings is 1. The smallest absolute Gasteiger partial charge is 0.214 e. The van der Waals surface area contributed by atoms with Crippen molar-refractivity contribution in [2.45, 2.75) is 24.5 Å². The minimum atomic E-state index is -0.420. The maximum absolute atomic E-state index is 12.8. The Balaban J connectivity index is 1.81. The molecule has 0 aromatic carbocycles. The van der Waals surface area contributed by atoms with Gasteiger partial charge in [0, 0.05) is 29.7 Å². The molecular weight excluding hydrogens is 211 g/mol. The van der Waals surface area contributed by atoms with E-state index in [1.54, 1.807) is 6.07 Å². The summed E-state index contributed by atoms with van der Waals surface area (Å²) in [6.45, 7) is 0.925. The molecule has 1 aromatic rings. The number of halogens is 1. The van der Waals surface area contributed by atoms with Crippen LogP contribution < -0.4 is 5.32 Å². The van der Waals surface area contributed by atoms with Crippen molar-refractivity contribution in [2.24, 2.45) is 0 Å². The molecule has 2 rings (SSSR count). The molecule has 0 spiro atoms. The standard InChI is InChI=1S/C11H15FN2S/c12-11-7-9(4-5-13-11)14-8-10-3-1-2-6-15-10/h4-5,7,10H,1-3,6,8H2,(H,13,14). The van der Waals surface area contributed by atoms with Gasteiger partial charge in [-0.15, -0.1) is 0 Å². The highest BCUT2D eigenvalue weighted by Gasteiger charge is 2.13. The summed E-state index contributed by atoms with van der Waals surface area (Å²) < 4.78 is 12.8. The lowest BCUT2D eigenvalue weighted by atomic mass is 10.2. The summed E-state index contributed by atoms with van der Waals surface area (Å²) in [5.74, 6) is 0.841. The van der Waals surface area contributed by atoms with E-state index in [0.29, 0.717) is 5.25 Å². The molecule has 0 bridgehead atoms. The van der Waals surface area contributed by atoms with Gasteiger partial charge in [-0.05, 0) is 24.7 Å². The number of rotatable bonds is 3. The maximum atomic E-state index is 12.8. The Kier molecular flexibility index (Phi) is 3.83. The lowest BCUT2D eigenvalue weighted by Gasteiger charge is -2.21. The van der Waals surface area contributed by atoms with E-state index in [4.69, 9.17) is 0 Å². The lowest BCUT2D eigenvalue weighted by molar-refractivity contribution is 0.584. The van der Waals surface area contributed by atoms with E-state index in [1.165, 1.54) is 37.3 Å². The number of hydrogen-bond acceptors (Lipinski definition) is 3. The maximum Gasteiger partial charge on any atom is 0.214 e. The number of thioether (sulfide) groups is 1. The molecule has 1 unspecified atom stereocenters. The van der Waals surface area contributed by atoms with Crippen molar-refractivity contribution in [2.75, 3.05) is 17.6 Å². The van der Waals surface area contributed by atoms with Crippen LogP contribution in [-0.4, -0.2) is 22.5 Å². The fourth-order valence-corrected chi connectivity index (χ4v) is 2.95. The quantitative estimate of drug-likeness (QED) is 0.802. The van der Waals surface area contributed by atoms with Gasteiger partial charge in [-0.25, -0.2) is 4.98 Å². The summed E-state index contributed by atoms with van der Waals surface area (Å²) in [7, 11) is 0. The predicted octanol–water partition coefficient (Wildman–Crippen LogP) is 2.92. The van der Waals surface area contributed by atoms with Crippen molar-refractivity contribution in [1.29, 1.82) is 0 Å². The molecule has 1 aliphatic heterocycles. The van der Waals surface area contributed by atoms with Gasteiger partial charge in [0.1, 0.15) is 0 Å². The molecule has 82 valence electrons. The van der Waals surface area contributed by atoms with E-state index < -0.39 is 5.95 Å². The zero-order valence-corrected chi connectivity index (χ0v) is 9.39. The van der Waals surface area contributed by atoms with Crippen molar-refractivity contribution in [1.82, 2.24) is 4.98 Å². The molecule has 0 saturated carbocycles. The first-order valence-corrected chi connectivity index (χ1v) is 6.36. The normalized spacial score (nSPS) is 21.3. The Hall–Kier alpha value is -0.770. The molecule has 2 heterocycles. The van der Waals surface area contributed by atoms with Gasteiger partial charge < -0.3 is 5.32 Å². The van der Waals surface area contributed by atoms with Gasteiger partial charge in [-0.3, -0.25) is 0 Å². The second-order valence-corrected chi connectivity index (χ2v) is 5.14. The molecule has 1 saturated heterocycles. The van der Waals surface area contributed by atoms with Gasteiger partial charge in [-0.2, -0.15) is 16.2 Å². The third-order valence-corrected chi connectivity index (χ3v) is 3.93. The zero-order valence-electron chi connectivity index (χ0n) is 8.58. The second-order valence-electron chi connectivity index (χ2n) is 3.74. The SMILES string of the molecule is Fc1cc(NCC2CCCCS2)ccn1. The van der Waals surface area contributed by atoms with Crippen LogP contribution in [0.15, 0.2) is 18.3 Å². The molecule has 4 heteroatoms. The van der Waals surface area contributed by atoms with Crippen molar-refractivity contribution < 1.29 is 4.39 Å². The first-order valence-electron chi connectivity index (χ1n) is 5.31. The van der Waals surface area contributed by atoms with E-state index in [-0.39, 0.29) is 0 Å². The Morgan fingerprint density at radius 3 is 3.20 bits per heavy atom. The molecule has 0 aliphatic carbocycles. The molecule has 2 nitrogen and oxygen atoms in total. The van der Waals surface area contributed by atoms with Gasteiger partial charge in [0.15, 0.2) is 0 Å². The minimum absolute atomic E-state index is 0.420. The van der Waals surface area contributed by atoms with Crippen LogP contribution in [0.5, 0.6) is 0 Å². The topological polar surface area (TPSA) is 24.9 Å². The number of aromatic nitrogens is 1. The number of anilines is 1. The average molecular weight is 226 g/mol. The van der Waals surface area contributed by atoms with Crippen LogP contribution in [0.1, 0.15) is 19.3 Å². The molecule has 0 radical (unpaired) electrons. The first-order chi connectivity index (χ1) is 7.34. The molecule has 1 fully saturated rings. The summed E-state index contributed by atoms with van der Waals surface area (Å²) >= 11 is 2.01. The van der Waals surface area contributed by atoms with E-state index in [0.717, 1.165) is 12.2 Å². The number of nitrogens with one attached hydrogen (secondary N) is 1. The summed E-state index contributed by atoms with van der Waals surface area (Å²) in [5, 5.41) is 3.93. The highest BCUT2D eigenvalue weighted by molar-refractivity contribution is 7.99. The van der Waals surface area contributed by atoms with Crippen LogP contribution in [0.3, 0.4) is 0 Å². The molecule has 0 amide bonds. The van der Waals surface area contributed by atoms with Crippen LogP contribution in [0.25, 0.3) is 0 Å². The van der Waals surface area contributed by atoms with E-state index >= 15 is 0 Å². The lowest BCUT2D eigenvalue weighted by Crippen LogP contribution is -2.20. The molecule has 1 atom stereocenters. The molecule has 1 N–H and O–H groups in total. The third-order valence-electron chi connectivity index (χ3n) is 2.53. The molecule has 1 aromatic heterocycles. The van der Waals surface area contributed by atoms with Crippen LogP contribution in [-0.2, 0) is 0 Å². The zero-order chi connectivity index (χ0) is 10.5. The fourth-order valence-electron chi connectivity index (χ4n) is 1.71. The van der Waals surface area contributed by atoms with E-state index in [2.05, 4.69) is 10.3 Å². The van der Waals surface area contributed by atoms with E-state index in [9.17, 15) is 4.39 Å². The van der Waals surface area contributed by atoms with Crippen LogP contribution in [0.2, 0.25) is 0 Å². The van der Waals surface area contributed by atoms with Gasteiger partial charge in [-0.1, -0.05) is 6.42 Å². The Labute approximate surface area is 93.7 Å². The van der Waals surface area contributed by atoms with E-state index in [1.807, 2.05) is 11.8 Å². The van der Waals surface area contributed by atoms with Crippen LogP contribution >= 0.6 is 11.8 Å². The Bertz CT molecular complexity index is 313. The summed E-state index contributed by atoms with van der Waals surface area (Å²) in [4.78, 5) is 3.52. The number of hydrogen-bond donors (Lipinski definition) is 1. The molecule has 15 heavy (non-hydrogen) atoms. The molecular formula is C11H15FN2S. The first kappa shape index (κ1) is 10.7. The van der Waals surface area contributed by atoms with Gasteiger partial charge in [0.2, 0.25) is 5.95 Å². The van der Waals surface area contributed by atoms with Crippen molar-refractivity contribution >= 4 is 17.4 Å². The van der Waals surface area contributed by atoms with Crippen molar-refractivity contribution in [3.63, 3.8) is 0 Å². The summed E-state index contributed by atoms with van der Waals surface area (Å²) in [5.41, 5.74) is 0.827. The van der Waals surface area contributed by atoms with Crippen LogP contribution in [0, 0.1) is 5.95 Å². The highest BCUT2D eigenvalue weighted by atomic mass is 32.2. The Morgan fingerprint density at radius 1 is 1.53 bits per heavy atom. The van der Waals surface area contributed by atoms with Crippen LogP contribution in [0.4, 0.5) is 10.1 Å². The Morgan fingerprint density at radius 2 is 2.47 bits per heavy atom. The fraction of sp³-hybridized carbons (Fsp3) is 0.545. The van der Waals surface area contributed by atoms with Gasteiger partial charge in [0.05, 0.1) is 0 Å². The largest absolute Gasteiger partial charge is 0.384 e.